The lowest BCUT2D eigenvalue weighted by atomic mass is 10.1. The minimum Gasteiger partial charge on any atom is -0.336 e. The monoisotopic (exact) mass is 440 g/mol. The molecule has 0 radical (unpaired) electrons. The molecule has 0 bridgehead atoms. The number of hydrogen-bond acceptors (Lipinski definition) is 5. The molecule has 0 unspecified atom stereocenters. The van der Waals surface area contributed by atoms with Gasteiger partial charge in [-0.3, -0.25) is 9.59 Å². The van der Waals surface area contributed by atoms with E-state index in [4.69, 9.17) is 0 Å². The maximum atomic E-state index is 13.4. The van der Waals surface area contributed by atoms with E-state index in [-0.39, 0.29) is 36.8 Å². The molecule has 2 aromatic carbocycles. The lowest BCUT2D eigenvalue weighted by Crippen LogP contribution is -2.38. The summed E-state index contributed by atoms with van der Waals surface area (Å²) in [4.78, 5) is 28.0. The summed E-state index contributed by atoms with van der Waals surface area (Å²) in [5, 5.41) is 5.39. The van der Waals surface area contributed by atoms with Crippen molar-refractivity contribution in [1.29, 1.82) is 0 Å². The zero-order valence-electron chi connectivity index (χ0n) is 17.3. The third-order valence-corrected chi connectivity index (χ3v) is 6.76. The summed E-state index contributed by atoms with van der Waals surface area (Å²) in [5.41, 5.74) is 0.860. The van der Waals surface area contributed by atoms with E-state index in [1.165, 1.54) is 15.2 Å². The van der Waals surface area contributed by atoms with E-state index in [2.05, 4.69) is 5.10 Å². The van der Waals surface area contributed by atoms with Crippen molar-refractivity contribution in [2.24, 2.45) is 0 Å². The van der Waals surface area contributed by atoms with E-state index in [1.54, 1.807) is 29.2 Å². The maximum absolute atomic E-state index is 13.4. The van der Waals surface area contributed by atoms with Gasteiger partial charge in [0.15, 0.2) is 5.69 Å². The highest BCUT2D eigenvalue weighted by Crippen LogP contribution is 2.17. The molecule has 4 rings (SSSR count). The first kappa shape index (κ1) is 21.2. The third-order valence-electron chi connectivity index (χ3n) is 5.46. The molecule has 3 aromatic rings. The Hall–Kier alpha value is -3.04. The van der Waals surface area contributed by atoms with Crippen LogP contribution >= 0.6 is 0 Å². The Labute approximate surface area is 180 Å². The fourth-order valence-corrected chi connectivity index (χ4v) is 4.71. The van der Waals surface area contributed by atoms with E-state index in [9.17, 15) is 18.0 Å². The molecule has 1 saturated heterocycles. The number of carbonyl (C=O) groups is 1. The fourth-order valence-electron chi connectivity index (χ4n) is 3.83. The van der Waals surface area contributed by atoms with E-state index in [1.807, 2.05) is 30.3 Å². The van der Waals surface area contributed by atoms with Crippen LogP contribution in [-0.4, -0.2) is 65.7 Å². The summed E-state index contributed by atoms with van der Waals surface area (Å²) in [6, 6.07) is 16.4. The summed E-state index contributed by atoms with van der Waals surface area (Å²) in [5.74, 6) is -0.298. The Bertz CT molecular complexity index is 1270. The SMILES string of the molecule is CS(=O)(=O)N1CCCN(C(=O)c2nn(Cc3ccccc3)c(=O)c3ccccc23)CC1. The molecule has 1 aromatic heterocycles. The van der Waals surface area contributed by atoms with Gasteiger partial charge in [0.25, 0.3) is 11.5 Å². The maximum Gasteiger partial charge on any atom is 0.274 e. The predicted molar refractivity (Wildman–Crippen MR) is 118 cm³/mol. The highest BCUT2D eigenvalue weighted by atomic mass is 32.2. The van der Waals surface area contributed by atoms with Crippen LogP contribution in [0.1, 0.15) is 22.5 Å². The molecule has 0 aliphatic carbocycles. The number of nitrogens with zero attached hydrogens (tertiary/aromatic N) is 4. The van der Waals surface area contributed by atoms with Gasteiger partial charge in [0.05, 0.1) is 18.2 Å². The van der Waals surface area contributed by atoms with Crippen molar-refractivity contribution in [2.75, 3.05) is 32.4 Å². The number of sulfonamides is 1. The Kier molecular flexibility index (Phi) is 5.88. The molecule has 0 atom stereocenters. The molecule has 2 heterocycles. The van der Waals surface area contributed by atoms with Crippen LogP contribution in [0.15, 0.2) is 59.4 Å². The summed E-state index contributed by atoms with van der Waals surface area (Å²) in [6.07, 6.45) is 1.72. The van der Waals surface area contributed by atoms with E-state index in [0.29, 0.717) is 30.3 Å². The molecule has 8 nitrogen and oxygen atoms in total. The highest BCUT2D eigenvalue weighted by molar-refractivity contribution is 7.88. The van der Waals surface area contributed by atoms with Crippen LogP contribution in [0.2, 0.25) is 0 Å². The second-order valence-corrected chi connectivity index (χ2v) is 9.63. The molecular weight excluding hydrogens is 416 g/mol. The summed E-state index contributed by atoms with van der Waals surface area (Å²) < 4.78 is 26.5. The van der Waals surface area contributed by atoms with Crippen molar-refractivity contribution < 1.29 is 13.2 Å². The van der Waals surface area contributed by atoms with Crippen molar-refractivity contribution in [3.8, 4) is 0 Å². The Morgan fingerprint density at radius 2 is 1.61 bits per heavy atom. The first-order valence-electron chi connectivity index (χ1n) is 10.1. The first-order chi connectivity index (χ1) is 14.8. The Morgan fingerprint density at radius 3 is 2.32 bits per heavy atom. The second-order valence-electron chi connectivity index (χ2n) is 7.65. The molecule has 1 aliphatic rings. The van der Waals surface area contributed by atoms with Gasteiger partial charge in [-0.1, -0.05) is 48.5 Å². The molecule has 0 spiro atoms. The Balaban J connectivity index is 1.72. The Morgan fingerprint density at radius 1 is 0.935 bits per heavy atom. The van der Waals surface area contributed by atoms with Crippen LogP contribution in [-0.2, 0) is 16.6 Å². The number of carbonyl (C=O) groups excluding carboxylic acids is 1. The van der Waals surface area contributed by atoms with Gasteiger partial charge in [-0.05, 0) is 18.1 Å². The average Bonchev–Trinajstić information content (AvgIpc) is 3.03. The number of aromatic nitrogens is 2. The highest BCUT2D eigenvalue weighted by Gasteiger charge is 2.27. The minimum atomic E-state index is -3.31. The lowest BCUT2D eigenvalue weighted by Gasteiger charge is -2.21. The number of rotatable bonds is 4. The molecule has 1 amide bonds. The van der Waals surface area contributed by atoms with Crippen LogP contribution in [0.25, 0.3) is 10.8 Å². The zero-order valence-corrected chi connectivity index (χ0v) is 18.1. The van der Waals surface area contributed by atoms with Crippen molar-refractivity contribution in [1.82, 2.24) is 19.0 Å². The van der Waals surface area contributed by atoms with Crippen molar-refractivity contribution in [2.45, 2.75) is 13.0 Å². The van der Waals surface area contributed by atoms with Crippen molar-refractivity contribution in [3.63, 3.8) is 0 Å². The number of fused-ring (bicyclic) bond motifs is 1. The largest absolute Gasteiger partial charge is 0.336 e. The van der Waals surface area contributed by atoms with Gasteiger partial charge in [-0.15, -0.1) is 0 Å². The van der Waals surface area contributed by atoms with Gasteiger partial charge < -0.3 is 4.90 Å². The van der Waals surface area contributed by atoms with Crippen LogP contribution in [0, 0.1) is 0 Å². The first-order valence-corrected chi connectivity index (χ1v) is 12.0. The van der Waals surface area contributed by atoms with Crippen molar-refractivity contribution >= 4 is 26.7 Å². The normalized spacial score (nSPS) is 15.7. The molecule has 0 N–H and O–H groups in total. The van der Waals surface area contributed by atoms with Gasteiger partial charge in [0, 0.05) is 31.6 Å². The standard InChI is InChI=1S/C22H24N4O4S/c1-31(29,30)25-13-7-12-24(14-15-25)22(28)20-18-10-5-6-11-19(18)21(27)26(23-20)16-17-8-3-2-4-9-17/h2-6,8-11H,7,12-16H2,1H3. The van der Waals surface area contributed by atoms with E-state index < -0.39 is 10.0 Å². The van der Waals surface area contributed by atoms with Crippen LogP contribution in [0.4, 0.5) is 0 Å². The van der Waals surface area contributed by atoms with Crippen LogP contribution in [0.5, 0.6) is 0 Å². The molecule has 9 heteroatoms. The van der Waals surface area contributed by atoms with Gasteiger partial charge in [-0.25, -0.2) is 17.4 Å². The molecular formula is C22H24N4O4S. The molecule has 31 heavy (non-hydrogen) atoms. The van der Waals surface area contributed by atoms with Gasteiger partial charge >= 0.3 is 0 Å². The fraction of sp³-hybridized carbons (Fsp3) is 0.318. The predicted octanol–water partition coefficient (Wildman–Crippen LogP) is 1.55. The summed E-state index contributed by atoms with van der Waals surface area (Å²) in [7, 11) is -3.31. The summed E-state index contributed by atoms with van der Waals surface area (Å²) >= 11 is 0. The topological polar surface area (TPSA) is 92.6 Å². The van der Waals surface area contributed by atoms with Gasteiger partial charge in [0.2, 0.25) is 10.0 Å². The molecule has 1 fully saturated rings. The molecule has 1 aliphatic heterocycles. The number of benzene rings is 2. The zero-order chi connectivity index (χ0) is 22.0. The third kappa shape index (κ3) is 4.52. The lowest BCUT2D eigenvalue weighted by molar-refractivity contribution is 0.0758. The average molecular weight is 441 g/mol. The number of amides is 1. The van der Waals surface area contributed by atoms with Gasteiger partial charge in [0.1, 0.15) is 0 Å². The quantitative estimate of drug-likeness (QED) is 0.614. The molecule has 0 saturated carbocycles. The van der Waals surface area contributed by atoms with Crippen molar-refractivity contribution in [3.05, 3.63) is 76.2 Å². The van der Waals surface area contributed by atoms with E-state index >= 15 is 0 Å². The number of hydrogen-bond donors (Lipinski definition) is 0. The molecule has 162 valence electrons. The summed E-state index contributed by atoms with van der Waals surface area (Å²) in [6.45, 7) is 1.58. The smallest absolute Gasteiger partial charge is 0.274 e. The van der Waals surface area contributed by atoms with Crippen LogP contribution < -0.4 is 5.56 Å². The minimum absolute atomic E-state index is 0.207. The second kappa shape index (κ2) is 8.60. The van der Waals surface area contributed by atoms with E-state index in [0.717, 1.165) is 5.56 Å². The van der Waals surface area contributed by atoms with Crippen LogP contribution in [0.3, 0.4) is 0 Å². The van der Waals surface area contributed by atoms with Gasteiger partial charge in [-0.2, -0.15) is 5.10 Å².